The minimum absolute atomic E-state index is 0.0575. The Balaban J connectivity index is 2.86. The van der Waals surface area contributed by atoms with E-state index in [1.165, 1.54) is 5.56 Å². The average Bonchev–Trinajstić information content (AvgIpc) is 2.10. The van der Waals surface area contributed by atoms with Crippen molar-refractivity contribution in [1.82, 2.24) is 4.72 Å². The topological polar surface area (TPSA) is 46.2 Å². The lowest BCUT2D eigenvalue weighted by Crippen LogP contribution is -2.24. The van der Waals surface area contributed by atoms with Crippen molar-refractivity contribution in [3.8, 4) is 0 Å². The summed E-state index contributed by atoms with van der Waals surface area (Å²) in [5.41, 5.74) is 3.14. The third kappa shape index (κ3) is 3.64. The summed E-state index contributed by atoms with van der Waals surface area (Å²) in [4.78, 5) is 0. The Morgan fingerprint density at radius 2 is 1.87 bits per heavy atom. The normalized spacial score (nSPS) is 11.7. The molecule has 0 heterocycles. The first-order chi connectivity index (χ1) is 6.94. The Morgan fingerprint density at radius 1 is 1.20 bits per heavy atom. The SMILES string of the molecule is CCNS(=O)(=O)Cc1ccc(C)c(C)c1. The van der Waals surface area contributed by atoms with Gasteiger partial charge in [0.05, 0.1) is 5.75 Å². The average molecular weight is 227 g/mol. The van der Waals surface area contributed by atoms with Crippen LogP contribution < -0.4 is 4.72 Å². The first-order valence-electron chi connectivity index (χ1n) is 4.98. The minimum Gasteiger partial charge on any atom is -0.215 e. The molecule has 0 amide bonds. The van der Waals surface area contributed by atoms with Crippen LogP contribution in [0.3, 0.4) is 0 Å². The molecule has 0 saturated carbocycles. The Kier molecular flexibility index (Phi) is 3.88. The number of benzene rings is 1. The van der Waals surface area contributed by atoms with E-state index in [2.05, 4.69) is 4.72 Å². The van der Waals surface area contributed by atoms with Crippen LogP contribution in [0.5, 0.6) is 0 Å². The fourth-order valence-corrected chi connectivity index (χ4v) is 2.54. The maximum Gasteiger partial charge on any atom is 0.215 e. The van der Waals surface area contributed by atoms with Crippen LogP contribution in [-0.2, 0) is 15.8 Å². The van der Waals surface area contributed by atoms with Crippen molar-refractivity contribution >= 4 is 10.0 Å². The van der Waals surface area contributed by atoms with Gasteiger partial charge < -0.3 is 0 Å². The zero-order valence-corrected chi connectivity index (χ0v) is 10.2. The van der Waals surface area contributed by atoms with Crippen LogP contribution in [0.1, 0.15) is 23.6 Å². The summed E-state index contributed by atoms with van der Waals surface area (Å²) in [6, 6.07) is 5.73. The van der Waals surface area contributed by atoms with Crippen molar-refractivity contribution in [3.63, 3.8) is 0 Å². The van der Waals surface area contributed by atoms with E-state index in [9.17, 15) is 8.42 Å². The van der Waals surface area contributed by atoms with Gasteiger partial charge in [0.1, 0.15) is 0 Å². The zero-order chi connectivity index (χ0) is 11.5. The van der Waals surface area contributed by atoms with E-state index in [1.807, 2.05) is 32.0 Å². The Morgan fingerprint density at radius 3 is 2.40 bits per heavy atom. The van der Waals surface area contributed by atoms with Crippen LogP contribution in [0.15, 0.2) is 18.2 Å². The highest BCUT2D eigenvalue weighted by Crippen LogP contribution is 2.11. The van der Waals surface area contributed by atoms with Crippen LogP contribution in [0.25, 0.3) is 0 Å². The van der Waals surface area contributed by atoms with Gasteiger partial charge >= 0.3 is 0 Å². The highest BCUT2D eigenvalue weighted by Gasteiger charge is 2.09. The predicted molar refractivity (Wildman–Crippen MR) is 62.2 cm³/mol. The molecule has 0 aromatic heterocycles. The zero-order valence-electron chi connectivity index (χ0n) is 9.37. The van der Waals surface area contributed by atoms with Crippen molar-refractivity contribution in [2.24, 2.45) is 0 Å². The lowest BCUT2D eigenvalue weighted by Gasteiger charge is -2.06. The van der Waals surface area contributed by atoms with Gasteiger partial charge in [-0.3, -0.25) is 0 Å². The van der Waals surface area contributed by atoms with Crippen molar-refractivity contribution < 1.29 is 8.42 Å². The third-order valence-corrected chi connectivity index (χ3v) is 3.73. The summed E-state index contributed by atoms with van der Waals surface area (Å²) in [6.07, 6.45) is 0. The quantitative estimate of drug-likeness (QED) is 0.851. The van der Waals surface area contributed by atoms with Gasteiger partial charge in [-0.1, -0.05) is 25.1 Å². The van der Waals surface area contributed by atoms with Gasteiger partial charge in [-0.15, -0.1) is 0 Å². The molecular weight excluding hydrogens is 210 g/mol. The fourth-order valence-electron chi connectivity index (χ4n) is 1.38. The fraction of sp³-hybridized carbons (Fsp3) is 0.455. The van der Waals surface area contributed by atoms with E-state index < -0.39 is 10.0 Å². The molecule has 1 aromatic carbocycles. The van der Waals surface area contributed by atoms with E-state index in [1.54, 1.807) is 6.92 Å². The molecule has 0 atom stereocenters. The number of nitrogens with one attached hydrogen (secondary N) is 1. The maximum absolute atomic E-state index is 11.5. The second-order valence-electron chi connectivity index (χ2n) is 3.68. The first-order valence-corrected chi connectivity index (χ1v) is 6.63. The largest absolute Gasteiger partial charge is 0.215 e. The molecule has 0 bridgehead atoms. The molecule has 84 valence electrons. The number of hydrogen-bond donors (Lipinski definition) is 1. The molecular formula is C11H17NO2S. The Bertz CT molecular complexity index is 438. The molecule has 3 nitrogen and oxygen atoms in total. The van der Waals surface area contributed by atoms with Crippen molar-refractivity contribution in [2.75, 3.05) is 6.54 Å². The summed E-state index contributed by atoms with van der Waals surface area (Å²) in [6.45, 7) is 6.21. The summed E-state index contributed by atoms with van der Waals surface area (Å²) in [5, 5.41) is 0. The van der Waals surface area contributed by atoms with Gasteiger partial charge in [0.25, 0.3) is 0 Å². The highest BCUT2D eigenvalue weighted by molar-refractivity contribution is 7.88. The third-order valence-electron chi connectivity index (χ3n) is 2.29. The second-order valence-corrected chi connectivity index (χ2v) is 5.48. The number of hydrogen-bond acceptors (Lipinski definition) is 2. The van der Waals surface area contributed by atoms with E-state index >= 15 is 0 Å². The van der Waals surface area contributed by atoms with Gasteiger partial charge in [0.15, 0.2) is 0 Å². The molecule has 0 aliphatic heterocycles. The molecule has 15 heavy (non-hydrogen) atoms. The van der Waals surface area contributed by atoms with Crippen molar-refractivity contribution in [2.45, 2.75) is 26.5 Å². The molecule has 1 aromatic rings. The summed E-state index contributed by atoms with van der Waals surface area (Å²) < 4.78 is 25.4. The van der Waals surface area contributed by atoms with Gasteiger partial charge in [0, 0.05) is 6.54 Å². The second kappa shape index (κ2) is 4.77. The van der Waals surface area contributed by atoms with Crippen molar-refractivity contribution in [1.29, 1.82) is 0 Å². The van der Waals surface area contributed by atoms with Gasteiger partial charge in [-0.25, -0.2) is 13.1 Å². The first kappa shape index (κ1) is 12.2. The summed E-state index contributed by atoms with van der Waals surface area (Å²) in [5.74, 6) is 0.0575. The molecule has 0 spiro atoms. The van der Waals surface area contributed by atoms with Crippen LogP contribution in [0.4, 0.5) is 0 Å². The molecule has 0 aliphatic rings. The lowest BCUT2D eigenvalue weighted by molar-refractivity contribution is 0.583. The molecule has 0 radical (unpaired) electrons. The van der Waals surface area contributed by atoms with E-state index in [4.69, 9.17) is 0 Å². The Labute approximate surface area is 91.6 Å². The summed E-state index contributed by atoms with van der Waals surface area (Å²) in [7, 11) is -3.16. The van der Waals surface area contributed by atoms with Crippen LogP contribution in [0.2, 0.25) is 0 Å². The molecule has 0 unspecified atom stereocenters. The maximum atomic E-state index is 11.5. The molecule has 0 fully saturated rings. The van der Waals surface area contributed by atoms with E-state index in [0.29, 0.717) is 6.54 Å². The van der Waals surface area contributed by atoms with Gasteiger partial charge in [-0.05, 0) is 30.5 Å². The smallest absolute Gasteiger partial charge is 0.215 e. The Hall–Kier alpha value is -0.870. The van der Waals surface area contributed by atoms with E-state index in [-0.39, 0.29) is 5.75 Å². The highest BCUT2D eigenvalue weighted by atomic mass is 32.2. The predicted octanol–water partition coefficient (Wildman–Crippen LogP) is 1.74. The van der Waals surface area contributed by atoms with Crippen LogP contribution in [0, 0.1) is 13.8 Å². The molecule has 1 N–H and O–H groups in total. The van der Waals surface area contributed by atoms with Crippen LogP contribution in [-0.4, -0.2) is 15.0 Å². The number of sulfonamides is 1. The van der Waals surface area contributed by atoms with E-state index in [0.717, 1.165) is 11.1 Å². The molecule has 0 aliphatic carbocycles. The van der Waals surface area contributed by atoms with Gasteiger partial charge in [0.2, 0.25) is 10.0 Å². The van der Waals surface area contributed by atoms with Crippen LogP contribution >= 0.6 is 0 Å². The molecule has 1 rings (SSSR count). The molecule has 0 saturated heterocycles. The monoisotopic (exact) mass is 227 g/mol. The molecule has 4 heteroatoms. The minimum atomic E-state index is -3.16. The summed E-state index contributed by atoms with van der Waals surface area (Å²) >= 11 is 0. The van der Waals surface area contributed by atoms with Crippen molar-refractivity contribution in [3.05, 3.63) is 34.9 Å². The standard InChI is InChI=1S/C11H17NO2S/c1-4-12-15(13,14)8-11-6-5-9(2)10(3)7-11/h5-7,12H,4,8H2,1-3H3. The lowest BCUT2D eigenvalue weighted by atomic mass is 10.1. The van der Waals surface area contributed by atoms with Gasteiger partial charge in [-0.2, -0.15) is 0 Å². The number of rotatable bonds is 4. The number of aryl methyl sites for hydroxylation is 2.